The fourth-order valence-electron chi connectivity index (χ4n) is 2.73. The first-order valence-electron chi connectivity index (χ1n) is 6.81. The van der Waals surface area contributed by atoms with E-state index in [9.17, 15) is 0 Å². The molecule has 94 valence electrons. The van der Waals surface area contributed by atoms with Crippen LogP contribution in [0.4, 0.5) is 0 Å². The van der Waals surface area contributed by atoms with Gasteiger partial charge < -0.3 is 5.73 Å². The predicted molar refractivity (Wildman–Crippen MR) is 74.3 cm³/mol. The van der Waals surface area contributed by atoms with Crippen LogP contribution < -0.4 is 5.73 Å². The Labute approximate surface area is 105 Å². The van der Waals surface area contributed by atoms with Gasteiger partial charge in [-0.3, -0.25) is 0 Å². The summed E-state index contributed by atoms with van der Waals surface area (Å²) in [4.78, 5) is 0. The van der Waals surface area contributed by atoms with Crippen LogP contribution in [-0.4, -0.2) is 6.54 Å². The summed E-state index contributed by atoms with van der Waals surface area (Å²) in [7, 11) is 0. The molecule has 1 saturated carbocycles. The average Bonchev–Trinajstić information content (AvgIpc) is 2.22. The second kappa shape index (κ2) is 4.81. The highest BCUT2D eigenvalue weighted by Gasteiger charge is 2.29. The first-order chi connectivity index (χ1) is 8.00. The zero-order chi connectivity index (χ0) is 12.5. The third kappa shape index (κ3) is 2.90. The van der Waals surface area contributed by atoms with E-state index < -0.39 is 0 Å². The van der Waals surface area contributed by atoms with Crippen LogP contribution in [0.3, 0.4) is 0 Å². The van der Waals surface area contributed by atoms with Crippen molar-refractivity contribution in [2.24, 2.45) is 11.7 Å². The standard InChI is InChI=1S/C16H25N/c1-16(2,3)15-6-4-13(5-7-15)14-10-12(11-14)8-9-17/h4-7,12,14H,8-11,17H2,1-3H3. The Bertz CT molecular complexity index is 352. The second-order valence-electron chi connectivity index (χ2n) is 6.48. The number of nitrogens with two attached hydrogens (primary N) is 1. The lowest BCUT2D eigenvalue weighted by molar-refractivity contribution is 0.251. The van der Waals surface area contributed by atoms with E-state index in [1.807, 2.05) is 0 Å². The van der Waals surface area contributed by atoms with E-state index in [1.165, 1.54) is 30.4 Å². The van der Waals surface area contributed by atoms with Crippen LogP contribution >= 0.6 is 0 Å². The van der Waals surface area contributed by atoms with Gasteiger partial charge in [0.2, 0.25) is 0 Å². The highest BCUT2D eigenvalue weighted by Crippen LogP contribution is 2.43. The third-order valence-electron chi connectivity index (χ3n) is 4.06. The van der Waals surface area contributed by atoms with Crippen molar-refractivity contribution >= 4 is 0 Å². The maximum absolute atomic E-state index is 5.59. The van der Waals surface area contributed by atoms with Crippen LogP contribution in [0.5, 0.6) is 0 Å². The van der Waals surface area contributed by atoms with Gasteiger partial charge in [0.05, 0.1) is 0 Å². The minimum Gasteiger partial charge on any atom is -0.330 e. The predicted octanol–water partition coefficient (Wildman–Crippen LogP) is 3.83. The van der Waals surface area contributed by atoms with Crippen LogP contribution in [-0.2, 0) is 5.41 Å². The molecule has 0 spiro atoms. The number of hydrogen-bond acceptors (Lipinski definition) is 1. The molecule has 1 aromatic carbocycles. The van der Waals surface area contributed by atoms with Crippen molar-refractivity contribution in [2.45, 2.75) is 51.4 Å². The van der Waals surface area contributed by atoms with Crippen molar-refractivity contribution in [1.82, 2.24) is 0 Å². The van der Waals surface area contributed by atoms with E-state index in [0.29, 0.717) is 0 Å². The van der Waals surface area contributed by atoms with Crippen LogP contribution in [0, 0.1) is 5.92 Å². The van der Waals surface area contributed by atoms with Crippen LogP contribution in [0.25, 0.3) is 0 Å². The van der Waals surface area contributed by atoms with Crippen molar-refractivity contribution in [3.05, 3.63) is 35.4 Å². The summed E-state index contributed by atoms with van der Waals surface area (Å²) in [5, 5.41) is 0. The molecule has 2 rings (SSSR count). The van der Waals surface area contributed by atoms with Crippen LogP contribution in [0.2, 0.25) is 0 Å². The monoisotopic (exact) mass is 231 g/mol. The Hall–Kier alpha value is -0.820. The van der Waals surface area contributed by atoms with E-state index in [0.717, 1.165) is 18.4 Å². The molecule has 1 nitrogen and oxygen atoms in total. The largest absolute Gasteiger partial charge is 0.330 e. The van der Waals surface area contributed by atoms with Crippen molar-refractivity contribution in [1.29, 1.82) is 0 Å². The molecule has 0 saturated heterocycles. The number of rotatable bonds is 3. The van der Waals surface area contributed by atoms with E-state index >= 15 is 0 Å². The molecule has 0 atom stereocenters. The zero-order valence-corrected chi connectivity index (χ0v) is 11.4. The highest BCUT2D eigenvalue weighted by molar-refractivity contribution is 5.30. The van der Waals surface area contributed by atoms with E-state index in [2.05, 4.69) is 45.0 Å². The number of benzene rings is 1. The summed E-state index contributed by atoms with van der Waals surface area (Å²) in [5.41, 5.74) is 8.80. The SMILES string of the molecule is CC(C)(C)c1ccc(C2CC(CCN)C2)cc1. The van der Waals surface area contributed by atoms with Crippen molar-refractivity contribution in [2.75, 3.05) is 6.54 Å². The molecule has 17 heavy (non-hydrogen) atoms. The molecule has 1 heteroatoms. The average molecular weight is 231 g/mol. The summed E-state index contributed by atoms with van der Waals surface area (Å²) in [5.74, 6) is 1.67. The minimum atomic E-state index is 0.264. The van der Waals surface area contributed by atoms with Crippen molar-refractivity contribution < 1.29 is 0 Å². The summed E-state index contributed by atoms with van der Waals surface area (Å²) in [6.07, 6.45) is 3.88. The van der Waals surface area contributed by atoms with Gasteiger partial charge in [0.25, 0.3) is 0 Å². The molecule has 0 bridgehead atoms. The molecule has 1 aliphatic rings. The molecule has 1 aliphatic carbocycles. The molecule has 1 aromatic rings. The summed E-state index contributed by atoms with van der Waals surface area (Å²) < 4.78 is 0. The van der Waals surface area contributed by atoms with Gasteiger partial charge in [0, 0.05) is 0 Å². The molecule has 1 fully saturated rings. The van der Waals surface area contributed by atoms with Gasteiger partial charge in [0.15, 0.2) is 0 Å². The first kappa shape index (κ1) is 12.6. The smallest absolute Gasteiger partial charge is 0.00746 e. The molecule has 0 unspecified atom stereocenters. The topological polar surface area (TPSA) is 26.0 Å². The molecular weight excluding hydrogens is 206 g/mol. The Morgan fingerprint density at radius 1 is 1.12 bits per heavy atom. The van der Waals surface area contributed by atoms with E-state index in [-0.39, 0.29) is 5.41 Å². The Kier molecular flexibility index (Phi) is 3.58. The van der Waals surface area contributed by atoms with Gasteiger partial charge in [-0.1, -0.05) is 45.0 Å². The molecule has 0 aliphatic heterocycles. The minimum absolute atomic E-state index is 0.264. The van der Waals surface area contributed by atoms with Gasteiger partial charge in [-0.15, -0.1) is 0 Å². The molecular formula is C16H25N. The first-order valence-corrected chi connectivity index (χ1v) is 6.81. The van der Waals surface area contributed by atoms with Gasteiger partial charge in [-0.25, -0.2) is 0 Å². The second-order valence-corrected chi connectivity index (χ2v) is 6.48. The fourth-order valence-corrected chi connectivity index (χ4v) is 2.73. The molecule has 0 radical (unpaired) electrons. The highest BCUT2D eigenvalue weighted by atomic mass is 14.5. The Balaban J connectivity index is 1.96. The van der Waals surface area contributed by atoms with E-state index in [1.54, 1.807) is 0 Å². The van der Waals surface area contributed by atoms with Gasteiger partial charge in [-0.2, -0.15) is 0 Å². The Morgan fingerprint density at radius 2 is 1.71 bits per heavy atom. The maximum atomic E-state index is 5.59. The lowest BCUT2D eigenvalue weighted by Gasteiger charge is -2.36. The van der Waals surface area contributed by atoms with Crippen LogP contribution in [0.1, 0.15) is 57.1 Å². The Morgan fingerprint density at radius 3 is 2.18 bits per heavy atom. The maximum Gasteiger partial charge on any atom is -0.00746 e. The molecule has 0 aromatic heterocycles. The van der Waals surface area contributed by atoms with Crippen molar-refractivity contribution in [3.63, 3.8) is 0 Å². The summed E-state index contributed by atoms with van der Waals surface area (Å²) >= 11 is 0. The fraction of sp³-hybridized carbons (Fsp3) is 0.625. The number of hydrogen-bond donors (Lipinski definition) is 1. The van der Waals surface area contributed by atoms with Crippen LogP contribution in [0.15, 0.2) is 24.3 Å². The lowest BCUT2D eigenvalue weighted by atomic mass is 9.70. The molecule has 2 N–H and O–H groups in total. The summed E-state index contributed by atoms with van der Waals surface area (Å²) in [6, 6.07) is 9.24. The molecule has 0 amide bonds. The van der Waals surface area contributed by atoms with E-state index in [4.69, 9.17) is 5.73 Å². The third-order valence-corrected chi connectivity index (χ3v) is 4.06. The normalized spacial score (nSPS) is 24.5. The van der Waals surface area contributed by atoms with Crippen molar-refractivity contribution in [3.8, 4) is 0 Å². The summed E-state index contributed by atoms with van der Waals surface area (Å²) in [6.45, 7) is 7.65. The quantitative estimate of drug-likeness (QED) is 0.840. The van der Waals surface area contributed by atoms with Gasteiger partial charge in [-0.05, 0) is 54.2 Å². The molecule has 0 heterocycles. The van der Waals surface area contributed by atoms with Gasteiger partial charge in [0.1, 0.15) is 0 Å². The lowest BCUT2D eigenvalue weighted by Crippen LogP contribution is -2.24. The zero-order valence-electron chi connectivity index (χ0n) is 11.4. The van der Waals surface area contributed by atoms with Gasteiger partial charge >= 0.3 is 0 Å².